The van der Waals surface area contributed by atoms with E-state index in [0.29, 0.717) is 40.3 Å². The number of nitriles is 1. The number of Topliss-reactive ketones (excluding diaryl/α,β-unsaturated/α-hetero) is 1. The number of hydrogen-bond acceptors (Lipinski definition) is 10. The van der Waals surface area contributed by atoms with Gasteiger partial charge in [0.15, 0.2) is 17.3 Å². The molecule has 12 nitrogen and oxygen atoms in total. The first-order valence-corrected chi connectivity index (χ1v) is 12.7. The third kappa shape index (κ3) is 4.68. The average molecular weight is 535 g/mol. The number of ketones is 1. The van der Waals surface area contributed by atoms with Crippen LogP contribution >= 0.6 is 0 Å². The lowest BCUT2D eigenvalue weighted by Gasteiger charge is -2.37. The minimum Gasteiger partial charge on any atom is -0.379 e. The zero-order chi connectivity index (χ0) is 27.8. The van der Waals surface area contributed by atoms with E-state index in [1.807, 2.05) is 34.9 Å². The van der Waals surface area contributed by atoms with E-state index in [-0.39, 0.29) is 11.5 Å². The molecule has 1 aliphatic rings. The summed E-state index contributed by atoms with van der Waals surface area (Å²) in [5, 5.41) is 28.5. The third-order valence-electron chi connectivity index (χ3n) is 6.98. The van der Waals surface area contributed by atoms with Crippen molar-refractivity contribution in [2.75, 3.05) is 25.5 Å². The van der Waals surface area contributed by atoms with E-state index in [1.54, 1.807) is 32.5 Å². The fourth-order valence-electron chi connectivity index (χ4n) is 4.81. The van der Waals surface area contributed by atoms with Crippen molar-refractivity contribution in [1.29, 1.82) is 5.26 Å². The van der Waals surface area contributed by atoms with Gasteiger partial charge in [-0.3, -0.25) is 19.4 Å². The van der Waals surface area contributed by atoms with Crippen molar-refractivity contribution in [2.24, 2.45) is 0 Å². The molecular formula is C28H26N10O2. The van der Waals surface area contributed by atoms with Crippen LogP contribution in [0.3, 0.4) is 0 Å². The number of nitrogens with zero attached hydrogens (tertiary/aromatic N) is 8. The Hall–Kier alpha value is -4.99. The Morgan fingerprint density at radius 1 is 1.20 bits per heavy atom. The predicted octanol–water partition coefficient (Wildman–Crippen LogP) is 3.56. The molecule has 1 aliphatic heterocycles. The second-order valence-corrected chi connectivity index (χ2v) is 9.71. The molecule has 0 amide bonds. The van der Waals surface area contributed by atoms with Gasteiger partial charge in [0.05, 0.1) is 34.1 Å². The van der Waals surface area contributed by atoms with Crippen LogP contribution in [0.5, 0.6) is 0 Å². The summed E-state index contributed by atoms with van der Waals surface area (Å²) in [6.07, 6.45) is 1.98. The van der Waals surface area contributed by atoms with Crippen LogP contribution in [0.15, 0.2) is 48.8 Å². The van der Waals surface area contributed by atoms with Gasteiger partial charge in [-0.1, -0.05) is 0 Å². The van der Waals surface area contributed by atoms with Gasteiger partial charge in [0.2, 0.25) is 0 Å². The molecule has 5 aromatic rings. The lowest BCUT2D eigenvalue weighted by Crippen LogP contribution is -2.51. The molecule has 1 fully saturated rings. The van der Waals surface area contributed by atoms with Crippen LogP contribution in [-0.2, 0) is 11.3 Å². The number of anilines is 2. The van der Waals surface area contributed by atoms with E-state index < -0.39 is 0 Å². The topological polar surface area (TPSA) is 151 Å². The summed E-state index contributed by atoms with van der Waals surface area (Å²) < 4.78 is 7.16. The quantitative estimate of drug-likeness (QED) is 0.283. The molecule has 0 spiro atoms. The first-order chi connectivity index (χ1) is 19.4. The molecule has 0 saturated carbocycles. The van der Waals surface area contributed by atoms with Crippen LogP contribution in [0.4, 0.5) is 11.5 Å². The smallest absolute Gasteiger partial charge is 0.171 e. The Morgan fingerprint density at radius 2 is 2.05 bits per heavy atom. The van der Waals surface area contributed by atoms with Crippen LogP contribution in [0.1, 0.15) is 34.4 Å². The summed E-state index contributed by atoms with van der Waals surface area (Å²) in [5.74, 6) is 1.02. The highest BCUT2D eigenvalue weighted by Gasteiger charge is 2.26. The van der Waals surface area contributed by atoms with Gasteiger partial charge in [0, 0.05) is 43.7 Å². The van der Waals surface area contributed by atoms with Crippen molar-refractivity contribution >= 4 is 28.3 Å². The number of likely N-dealkylation sites (tertiary alicyclic amines) is 1. The lowest BCUT2D eigenvalue weighted by molar-refractivity contribution is -0.0340. The molecule has 200 valence electrons. The summed E-state index contributed by atoms with van der Waals surface area (Å²) in [6, 6.07) is 15.2. The van der Waals surface area contributed by atoms with E-state index >= 15 is 0 Å². The number of aromatic amines is 1. The molecule has 0 bridgehead atoms. The highest BCUT2D eigenvalue weighted by molar-refractivity contribution is 6.00. The number of nitrogens with one attached hydrogen (secondary N) is 2. The van der Waals surface area contributed by atoms with Gasteiger partial charge in [-0.2, -0.15) is 15.5 Å². The second kappa shape index (κ2) is 10.3. The molecule has 0 atom stereocenters. The van der Waals surface area contributed by atoms with Crippen molar-refractivity contribution < 1.29 is 9.53 Å². The van der Waals surface area contributed by atoms with Crippen molar-refractivity contribution in [3.8, 4) is 23.1 Å². The lowest BCUT2D eigenvalue weighted by atomic mass is 10.0. The number of methoxy groups -OCH3 is 1. The fourth-order valence-corrected chi connectivity index (χ4v) is 4.81. The molecule has 12 heteroatoms. The second-order valence-electron chi connectivity index (χ2n) is 9.71. The Bertz CT molecular complexity index is 1760. The minimum absolute atomic E-state index is 0.156. The Kier molecular flexibility index (Phi) is 6.51. The third-order valence-corrected chi connectivity index (χ3v) is 6.98. The molecule has 1 aromatic carbocycles. The maximum absolute atomic E-state index is 12.4. The molecule has 0 aliphatic carbocycles. The Balaban J connectivity index is 1.29. The number of carbonyl (C=O) groups excluding carboxylic acids is 1. The van der Waals surface area contributed by atoms with Crippen LogP contribution in [-0.4, -0.2) is 71.9 Å². The van der Waals surface area contributed by atoms with Gasteiger partial charge in [-0.15, -0.1) is 5.10 Å². The summed E-state index contributed by atoms with van der Waals surface area (Å²) >= 11 is 0. The van der Waals surface area contributed by atoms with Gasteiger partial charge in [-0.05, 0) is 56.3 Å². The van der Waals surface area contributed by atoms with Gasteiger partial charge >= 0.3 is 0 Å². The molecule has 0 radical (unpaired) electrons. The van der Waals surface area contributed by atoms with Gasteiger partial charge in [0.25, 0.3) is 0 Å². The Labute approximate surface area is 229 Å². The molecule has 6 rings (SSSR count). The molecule has 5 heterocycles. The van der Waals surface area contributed by atoms with Gasteiger partial charge in [-0.25, -0.2) is 9.97 Å². The first kappa shape index (κ1) is 25.3. The number of aromatic nitrogens is 7. The number of hydrogen-bond donors (Lipinski definition) is 2. The predicted molar refractivity (Wildman–Crippen MR) is 147 cm³/mol. The number of rotatable bonds is 8. The van der Waals surface area contributed by atoms with E-state index in [0.717, 1.165) is 42.0 Å². The molecule has 1 saturated heterocycles. The number of aryl methyl sites for hydroxylation is 1. The molecule has 4 aromatic heterocycles. The average Bonchev–Trinajstić information content (AvgIpc) is 3.53. The maximum Gasteiger partial charge on any atom is 0.171 e. The van der Waals surface area contributed by atoms with Crippen LogP contribution in [0, 0.1) is 18.3 Å². The fraction of sp³-hybridized carbons (Fsp3) is 0.250. The van der Waals surface area contributed by atoms with E-state index in [1.165, 1.54) is 6.92 Å². The van der Waals surface area contributed by atoms with Crippen LogP contribution in [0.2, 0.25) is 0 Å². The summed E-state index contributed by atoms with van der Waals surface area (Å²) in [7, 11) is 1.73. The summed E-state index contributed by atoms with van der Waals surface area (Å²) in [4.78, 5) is 24.0. The number of imidazole rings is 1. The number of fused-ring (bicyclic) bond motifs is 1. The number of pyridine rings is 1. The monoisotopic (exact) mass is 534 g/mol. The Morgan fingerprint density at radius 3 is 2.77 bits per heavy atom. The SMILES string of the molecule is COC1CN(Cc2ccc(Nc3ccc4ncn(-c5ccc(C(C)=O)c(-c6c(C#N)n[nH]c6C)n5)c4c3)nn2)C1. The van der Waals surface area contributed by atoms with Crippen LogP contribution in [0.25, 0.3) is 28.1 Å². The van der Waals surface area contributed by atoms with Crippen molar-refractivity contribution in [3.05, 3.63) is 71.4 Å². The summed E-state index contributed by atoms with van der Waals surface area (Å²) in [5.41, 5.74) is 5.43. The number of carbonyl (C=O) groups is 1. The minimum atomic E-state index is -0.156. The zero-order valence-electron chi connectivity index (χ0n) is 22.2. The van der Waals surface area contributed by atoms with Crippen molar-refractivity contribution in [3.63, 3.8) is 0 Å². The molecule has 40 heavy (non-hydrogen) atoms. The number of H-pyrrole nitrogens is 1. The van der Waals surface area contributed by atoms with E-state index in [9.17, 15) is 10.1 Å². The van der Waals surface area contributed by atoms with Crippen LogP contribution < -0.4 is 5.32 Å². The highest BCUT2D eigenvalue weighted by Crippen LogP contribution is 2.30. The normalized spacial score (nSPS) is 13.8. The van der Waals surface area contributed by atoms with Gasteiger partial charge < -0.3 is 10.1 Å². The van der Waals surface area contributed by atoms with Crippen molar-refractivity contribution in [1.82, 2.24) is 39.8 Å². The molecule has 2 N–H and O–H groups in total. The van der Waals surface area contributed by atoms with E-state index in [4.69, 9.17) is 9.72 Å². The highest BCUT2D eigenvalue weighted by atomic mass is 16.5. The number of benzene rings is 1. The molecule has 0 unspecified atom stereocenters. The van der Waals surface area contributed by atoms with E-state index in [2.05, 4.69) is 41.7 Å². The molecular weight excluding hydrogens is 508 g/mol. The zero-order valence-corrected chi connectivity index (χ0v) is 22.2. The van der Waals surface area contributed by atoms with Crippen molar-refractivity contribution in [2.45, 2.75) is 26.5 Å². The maximum atomic E-state index is 12.4. The standard InChI is InChI=1S/C28H26N10O2/c1-16-27(23(11-29)35-33-16)28-21(17(2)39)6-9-26(32-28)38-15-30-22-7-4-18(10-24(22)38)31-25-8-5-19(34-36-25)12-37-13-20(14-37)40-3/h4-10,15,20H,12-14H2,1-3H3,(H,31,36)(H,33,35). The largest absolute Gasteiger partial charge is 0.379 e. The first-order valence-electron chi connectivity index (χ1n) is 12.7. The summed E-state index contributed by atoms with van der Waals surface area (Å²) in [6.45, 7) is 5.82. The number of ether oxygens (including phenoxy) is 1. The van der Waals surface area contributed by atoms with Gasteiger partial charge in [0.1, 0.15) is 18.2 Å².